The number of methoxy groups -OCH3 is 1. The summed E-state index contributed by atoms with van der Waals surface area (Å²) >= 11 is 1.75. The standard InChI is InChI=1S/C16H18O3S/c1-18-16-11-13(12-17)7-8-15(16)19-9-10-20-14-5-3-2-4-6-14/h2-8,11,17H,9-10,12H2,1H3. The van der Waals surface area contributed by atoms with Crippen LogP contribution in [-0.4, -0.2) is 24.6 Å². The summed E-state index contributed by atoms with van der Waals surface area (Å²) in [6.45, 7) is 0.606. The maximum Gasteiger partial charge on any atom is 0.161 e. The molecule has 106 valence electrons. The van der Waals surface area contributed by atoms with Crippen LogP contribution in [0.5, 0.6) is 11.5 Å². The molecule has 2 aromatic carbocycles. The van der Waals surface area contributed by atoms with Crippen molar-refractivity contribution in [2.24, 2.45) is 0 Å². The van der Waals surface area contributed by atoms with Gasteiger partial charge in [0, 0.05) is 10.6 Å². The van der Waals surface area contributed by atoms with Gasteiger partial charge in [-0.3, -0.25) is 0 Å². The van der Waals surface area contributed by atoms with Gasteiger partial charge in [-0.05, 0) is 29.8 Å². The van der Waals surface area contributed by atoms with E-state index in [1.807, 2.05) is 30.3 Å². The zero-order valence-electron chi connectivity index (χ0n) is 11.4. The Kier molecular flexibility index (Phi) is 5.77. The van der Waals surface area contributed by atoms with E-state index in [0.29, 0.717) is 18.1 Å². The Bertz CT molecular complexity index is 529. The lowest BCUT2D eigenvalue weighted by molar-refractivity contribution is 0.279. The zero-order valence-corrected chi connectivity index (χ0v) is 12.2. The van der Waals surface area contributed by atoms with Crippen molar-refractivity contribution in [1.29, 1.82) is 0 Å². The highest BCUT2D eigenvalue weighted by Gasteiger charge is 2.05. The maximum atomic E-state index is 9.09. The van der Waals surface area contributed by atoms with Crippen LogP contribution in [-0.2, 0) is 6.61 Å². The van der Waals surface area contributed by atoms with E-state index in [9.17, 15) is 0 Å². The largest absolute Gasteiger partial charge is 0.493 e. The van der Waals surface area contributed by atoms with E-state index in [4.69, 9.17) is 14.6 Å². The molecule has 0 bridgehead atoms. The third kappa shape index (κ3) is 4.18. The normalized spacial score (nSPS) is 10.3. The van der Waals surface area contributed by atoms with Gasteiger partial charge in [0.15, 0.2) is 11.5 Å². The van der Waals surface area contributed by atoms with Gasteiger partial charge in [0.1, 0.15) is 0 Å². The fraction of sp³-hybridized carbons (Fsp3) is 0.250. The van der Waals surface area contributed by atoms with Gasteiger partial charge in [-0.25, -0.2) is 0 Å². The van der Waals surface area contributed by atoms with Crippen LogP contribution in [0, 0.1) is 0 Å². The smallest absolute Gasteiger partial charge is 0.161 e. The number of aliphatic hydroxyl groups excluding tert-OH is 1. The van der Waals surface area contributed by atoms with Crippen LogP contribution in [0.3, 0.4) is 0 Å². The van der Waals surface area contributed by atoms with Crippen LogP contribution >= 0.6 is 11.8 Å². The van der Waals surface area contributed by atoms with Gasteiger partial charge in [-0.2, -0.15) is 0 Å². The number of ether oxygens (including phenoxy) is 2. The van der Waals surface area contributed by atoms with Crippen molar-refractivity contribution in [1.82, 2.24) is 0 Å². The summed E-state index contributed by atoms with van der Waals surface area (Å²) in [5, 5.41) is 9.09. The monoisotopic (exact) mass is 290 g/mol. The van der Waals surface area contributed by atoms with Crippen LogP contribution in [0.2, 0.25) is 0 Å². The Balaban J connectivity index is 1.85. The number of rotatable bonds is 7. The molecule has 0 aromatic heterocycles. The molecule has 0 atom stereocenters. The second-order valence-electron chi connectivity index (χ2n) is 4.15. The fourth-order valence-corrected chi connectivity index (χ4v) is 2.51. The molecule has 2 aromatic rings. The lowest BCUT2D eigenvalue weighted by Gasteiger charge is -2.11. The first-order valence-corrected chi connectivity index (χ1v) is 7.40. The van der Waals surface area contributed by atoms with E-state index < -0.39 is 0 Å². The average Bonchev–Trinajstić information content (AvgIpc) is 2.52. The molecule has 20 heavy (non-hydrogen) atoms. The molecular formula is C16H18O3S. The molecule has 0 aliphatic carbocycles. The van der Waals surface area contributed by atoms with Gasteiger partial charge in [0.25, 0.3) is 0 Å². The number of hydrogen-bond donors (Lipinski definition) is 1. The summed E-state index contributed by atoms with van der Waals surface area (Å²) in [7, 11) is 1.60. The first-order chi connectivity index (χ1) is 9.83. The zero-order chi connectivity index (χ0) is 14.2. The van der Waals surface area contributed by atoms with Crippen molar-refractivity contribution < 1.29 is 14.6 Å². The van der Waals surface area contributed by atoms with E-state index in [1.165, 1.54) is 4.90 Å². The van der Waals surface area contributed by atoms with Crippen molar-refractivity contribution in [2.75, 3.05) is 19.5 Å². The highest BCUT2D eigenvalue weighted by atomic mass is 32.2. The van der Waals surface area contributed by atoms with Crippen LogP contribution in [0.15, 0.2) is 53.4 Å². The molecule has 0 aliphatic heterocycles. The molecule has 0 amide bonds. The van der Waals surface area contributed by atoms with Gasteiger partial charge < -0.3 is 14.6 Å². The SMILES string of the molecule is COc1cc(CO)ccc1OCCSc1ccccc1. The highest BCUT2D eigenvalue weighted by Crippen LogP contribution is 2.28. The molecule has 0 spiro atoms. The first-order valence-electron chi connectivity index (χ1n) is 6.42. The second kappa shape index (κ2) is 7.82. The van der Waals surface area contributed by atoms with Crippen LogP contribution < -0.4 is 9.47 Å². The van der Waals surface area contributed by atoms with E-state index in [2.05, 4.69) is 12.1 Å². The van der Waals surface area contributed by atoms with Crippen molar-refractivity contribution in [3.63, 3.8) is 0 Å². The molecule has 0 saturated carbocycles. The molecule has 3 nitrogen and oxygen atoms in total. The Labute approximate surface area is 123 Å². The molecule has 0 unspecified atom stereocenters. The average molecular weight is 290 g/mol. The van der Waals surface area contributed by atoms with E-state index in [1.54, 1.807) is 24.9 Å². The summed E-state index contributed by atoms with van der Waals surface area (Å²) < 4.78 is 11.0. The molecule has 0 radical (unpaired) electrons. The predicted molar refractivity (Wildman–Crippen MR) is 81.6 cm³/mol. The minimum absolute atomic E-state index is 0.000495. The third-order valence-corrected chi connectivity index (χ3v) is 3.74. The Hall–Kier alpha value is -1.65. The summed E-state index contributed by atoms with van der Waals surface area (Å²) in [5.74, 6) is 2.23. The van der Waals surface area contributed by atoms with E-state index >= 15 is 0 Å². The number of thioether (sulfide) groups is 1. The molecule has 0 saturated heterocycles. The Morgan fingerprint density at radius 2 is 1.85 bits per heavy atom. The summed E-state index contributed by atoms with van der Waals surface area (Å²) in [6, 6.07) is 15.7. The fourth-order valence-electron chi connectivity index (χ4n) is 1.76. The lowest BCUT2D eigenvalue weighted by Crippen LogP contribution is -2.02. The Morgan fingerprint density at radius 1 is 1.05 bits per heavy atom. The van der Waals surface area contributed by atoms with E-state index in [-0.39, 0.29) is 6.61 Å². The van der Waals surface area contributed by atoms with Gasteiger partial charge >= 0.3 is 0 Å². The highest BCUT2D eigenvalue weighted by molar-refractivity contribution is 7.99. The van der Waals surface area contributed by atoms with Gasteiger partial charge in [0.05, 0.1) is 20.3 Å². The van der Waals surface area contributed by atoms with Gasteiger partial charge in [0.2, 0.25) is 0 Å². The summed E-state index contributed by atoms with van der Waals surface area (Å²) in [4.78, 5) is 1.23. The molecule has 0 heterocycles. The molecule has 4 heteroatoms. The van der Waals surface area contributed by atoms with E-state index in [0.717, 1.165) is 11.3 Å². The molecular weight excluding hydrogens is 272 g/mol. The third-order valence-electron chi connectivity index (χ3n) is 2.76. The molecule has 2 rings (SSSR count). The Morgan fingerprint density at radius 3 is 2.55 bits per heavy atom. The maximum absolute atomic E-state index is 9.09. The topological polar surface area (TPSA) is 38.7 Å². The molecule has 0 fully saturated rings. The number of aliphatic hydroxyl groups is 1. The van der Waals surface area contributed by atoms with Crippen molar-refractivity contribution in [2.45, 2.75) is 11.5 Å². The molecule has 0 aliphatic rings. The van der Waals surface area contributed by atoms with Crippen molar-refractivity contribution in [3.05, 3.63) is 54.1 Å². The van der Waals surface area contributed by atoms with Crippen molar-refractivity contribution in [3.8, 4) is 11.5 Å². The summed E-state index contributed by atoms with van der Waals surface area (Å²) in [5.41, 5.74) is 0.813. The lowest BCUT2D eigenvalue weighted by atomic mass is 10.2. The van der Waals surface area contributed by atoms with Gasteiger partial charge in [-0.1, -0.05) is 24.3 Å². The minimum Gasteiger partial charge on any atom is -0.493 e. The number of hydrogen-bond acceptors (Lipinski definition) is 4. The van der Waals surface area contributed by atoms with Crippen LogP contribution in [0.4, 0.5) is 0 Å². The first kappa shape index (κ1) is 14.8. The second-order valence-corrected chi connectivity index (χ2v) is 5.32. The quantitative estimate of drug-likeness (QED) is 0.627. The van der Waals surface area contributed by atoms with Crippen LogP contribution in [0.1, 0.15) is 5.56 Å². The minimum atomic E-state index is 0.000495. The van der Waals surface area contributed by atoms with Crippen LogP contribution in [0.25, 0.3) is 0 Å². The number of benzene rings is 2. The van der Waals surface area contributed by atoms with Crippen molar-refractivity contribution >= 4 is 11.8 Å². The molecule has 1 N–H and O–H groups in total. The predicted octanol–water partition coefficient (Wildman–Crippen LogP) is 3.36. The van der Waals surface area contributed by atoms with Gasteiger partial charge in [-0.15, -0.1) is 11.8 Å². The summed E-state index contributed by atoms with van der Waals surface area (Å²) in [6.07, 6.45) is 0.